The molecule has 2 N–H and O–H groups in total. The van der Waals surface area contributed by atoms with E-state index in [4.69, 9.17) is 0 Å². The van der Waals surface area contributed by atoms with Crippen LogP contribution in [0.1, 0.15) is 32.6 Å². The Bertz CT molecular complexity index is 504. The van der Waals surface area contributed by atoms with Crippen molar-refractivity contribution in [2.75, 3.05) is 26.4 Å². The monoisotopic (exact) mass is 327 g/mol. The number of sulfonamides is 1. The van der Waals surface area contributed by atoms with Crippen molar-refractivity contribution in [1.29, 1.82) is 0 Å². The predicted octanol–water partition coefficient (Wildman–Crippen LogP) is -0.119. The predicted molar refractivity (Wildman–Crippen MR) is 79.0 cm³/mol. The van der Waals surface area contributed by atoms with Crippen LogP contribution in [0.2, 0.25) is 0 Å². The Morgan fingerprint density at radius 2 is 1.75 bits per heavy atom. The lowest BCUT2D eigenvalue weighted by Crippen LogP contribution is -2.48. The second-order valence-electron chi connectivity index (χ2n) is 5.31. The average Bonchev–Trinajstić information content (AvgIpc) is 2.35. The van der Waals surface area contributed by atoms with Crippen LogP contribution in [0.5, 0.6) is 0 Å². The number of hydrogen-bond acceptors (Lipinski definition) is 4. The third kappa shape index (κ3) is 5.65. The molecule has 20 heavy (non-hydrogen) atoms. The van der Waals surface area contributed by atoms with Gasteiger partial charge in [-0.1, -0.05) is 19.8 Å². The summed E-state index contributed by atoms with van der Waals surface area (Å²) in [7, 11) is -5.23. The maximum atomic E-state index is 11.9. The van der Waals surface area contributed by atoms with E-state index in [1.54, 1.807) is 6.92 Å². The van der Waals surface area contributed by atoms with Crippen LogP contribution in [-0.2, 0) is 20.2 Å². The lowest BCUT2D eigenvalue weighted by atomic mass is 9.85. The van der Waals surface area contributed by atoms with E-state index in [-0.39, 0.29) is 18.5 Å². The lowest BCUT2D eigenvalue weighted by molar-refractivity contribution is 0.288. The Hall–Kier alpha value is -0.220. The summed E-state index contributed by atoms with van der Waals surface area (Å²) in [5.74, 6) is -0.00138. The van der Waals surface area contributed by atoms with Crippen molar-refractivity contribution >= 4 is 20.2 Å². The smallest absolute Gasteiger partial charge is 0.213 e. The van der Waals surface area contributed by atoms with Gasteiger partial charge in [0.05, 0.1) is 6.26 Å². The zero-order valence-corrected chi connectivity index (χ0v) is 13.9. The van der Waals surface area contributed by atoms with Crippen LogP contribution in [0.3, 0.4) is 0 Å². The summed E-state index contributed by atoms with van der Waals surface area (Å²) in [6, 6.07) is -0.187. The van der Waals surface area contributed by atoms with Gasteiger partial charge in [-0.3, -0.25) is 0 Å². The molecule has 120 valence electrons. The highest BCUT2D eigenvalue weighted by atomic mass is 32.2. The molecule has 0 spiro atoms. The van der Waals surface area contributed by atoms with E-state index < -0.39 is 20.2 Å². The van der Waals surface area contributed by atoms with E-state index in [0.29, 0.717) is 6.54 Å². The highest BCUT2D eigenvalue weighted by Gasteiger charge is 2.29. The second kappa shape index (κ2) is 7.17. The van der Waals surface area contributed by atoms with Gasteiger partial charge in [-0.25, -0.2) is 17.9 Å². The molecule has 0 aromatic carbocycles. The molecule has 0 aromatic heterocycles. The standard InChI is InChI=1S/C11H25N3O4S2/c1-4-14(2)20(17,18)12-9-10-7-5-6-8-11(10)13-19(3,15)16/h10-13H,4-9H2,1-3H3. The van der Waals surface area contributed by atoms with Crippen molar-refractivity contribution in [3.63, 3.8) is 0 Å². The third-order valence-electron chi connectivity index (χ3n) is 3.66. The maximum absolute atomic E-state index is 11.9. The van der Waals surface area contributed by atoms with Gasteiger partial charge in [0.1, 0.15) is 0 Å². The molecular formula is C11H25N3O4S2. The van der Waals surface area contributed by atoms with Crippen molar-refractivity contribution in [2.24, 2.45) is 5.92 Å². The van der Waals surface area contributed by atoms with Gasteiger partial charge in [0, 0.05) is 26.2 Å². The first-order valence-electron chi connectivity index (χ1n) is 6.84. The van der Waals surface area contributed by atoms with Crippen molar-refractivity contribution in [2.45, 2.75) is 38.6 Å². The Kier molecular flexibility index (Phi) is 6.39. The topological polar surface area (TPSA) is 95.6 Å². The fraction of sp³-hybridized carbons (Fsp3) is 1.00. The van der Waals surface area contributed by atoms with Gasteiger partial charge < -0.3 is 0 Å². The first-order chi connectivity index (χ1) is 9.15. The van der Waals surface area contributed by atoms with Gasteiger partial charge in [-0.2, -0.15) is 12.7 Å². The Morgan fingerprint density at radius 1 is 1.15 bits per heavy atom. The Morgan fingerprint density at radius 3 is 2.30 bits per heavy atom. The lowest BCUT2D eigenvalue weighted by Gasteiger charge is -2.32. The fourth-order valence-electron chi connectivity index (χ4n) is 2.37. The van der Waals surface area contributed by atoms with Crippen LogP contribution in [0.15, 0.2) is 0 Å². The van der Waals surface area contributed by atoms with Crippen LogP contribution in [0.4, 0.5) is 0 Å². The summed E-state index contributed by atoms with van der Waals surface area (Å²) in [6.07, 6.45) is 4.67. The highest BCUT2D eigenvalue weighted by Crippen LogP contribution is 2.24. The molecule has 9 heteroatoms. The van der Waals surface area contributed by atoms with Crippen LogP contribution in [-0.4, -0.2) is 53.6 Å². The molecule has 1 aliphatic carbocycles. The van der Waals surface area contributed by atoms with Gasteiger partial charge in [-0.05, 0) is 18.8 Å². The summed E-state index contributed by atoms with van der Waals surface area (Å²) in [6.45, 7) is 2.42. The van der Waals surface area contributed by atoms with E-state index in [2.05, 4.69) is 9.44 Å². The van der Waals surface area contributed by atoms with Crippen molar-refractivity contribution in [1.82, 2.24) is 13.7 Å². The summed E-state index contributed by atoms with van der Waals surface area (Å²) in [4.78, 5) is 0. The molecule has 0 aromatic rings. The minimum Gasteiger partial charge on any atom is -0.213 e. The first kappa shape index (κ1) is 17.8. The van der Waals surface area contributed by atoms with Crippen molar-refractivity contribution < 1.29 is 16.8 Å². The minimum absolute atomic E-state index is 0.00138. The molecule has 1 fully saturated rings. The van der Waals surface area contributed by atoms with Crippen LogP contribution in [0.25, 0.3) is 0 Å². The molecule has 1 aliphatic rings. The van der Waals surface area contributed by atoms with Crippen LogP contribution >= 0.6 is 0 Å². The van der Waals surface area contributed by atoms with E-state index in [0.717, 1.165) is 31.9 Å². The summed E-state index contributed by atoms with van der Waals surface area (Å²) in [5, 5.41) is 0. The second-order valence-corrected chi connectivity index (χ2v) is 8.95. The van der Waals surface area contributed by atoms with Crippen molar-refractivity contribution in [3.8, 4) is 0 Å². The largest absolute Gasteiger partial charge is 0.279 e. The molecule has 1 saturated carbocycles. The molecule has 0 aliphatic heterocycles. The first-order valence-corrected chi connectivity index (χ1v) is 10.2. The summed E-state index contributed by atoms with van der Waals surface area (Å²) >= 11 is 0. The summed E-state index contributed by atoms with van der Waals surface area (Å²) < 4.78 is 52.8. The molecular weight excluding hydrogens is 302 g/mol. The molecule has 0 amide bonds. The van der Waals surface area contributed by atoms with Gasteiger partial charge in [0.15, 0.2) is 0 Å². The van der Waals surface area contributed by atoms with Gasteiger partial charge in [-0.15, -0.1) is 0 Å². The molecule has 2 unspecified atom stereocenters. The fourth-order valence-corrected chi connectivity index (χ4v) is 4.22. The summed E-state index contributed by atoms with van der Waals surface area (Å²) in [5.41, 5.74) is 0. The van der Waals surface area contributed by atoms with E-state index in [1.165, 1.54) is 11.4 Å². The number of nitrogens with zero attached hydrogens (tertiary/aromatic N) is 1. The number of rotatable bonds is 7. The van der Waals surface area contributed by atoms with Crippen LogP contribution in [0, 0.1) is 5.92 Å². The van der Waals surface area contributed by atoms with Gasteiger partial charge >= 0.3 is 0 Å². The molecule has 0 heterocycles. The highest BCUT2D eigenvalue weighted by molar-refractivity contribution is 7.88. The molecule has 7 nitrogen and oxygen atoms in total. The SMILES string of the molecule is CCN(C)S(=O)(=O)NCC1CCCCC1NS(C)(=O)=O. The van der Waals surface area contributed by atoms with Crippen LogP contribution < -0.4 is 9.44 Å². The molecule has 0 bridgehead atoms. The number of hydrogen-bond donors (Lipinski definition) is 2. The van der Waals surface area contributed by atoms with Crippen molar-refractivity contribution in [3.05, 3.63) is 0 Å². The van der Waals surface area contributed by atoms with E-state index in [1.807, 2.05) is 0 Å². The molecule has 0 radical (unpaired) electrons. The Labute approximate surface area is 122 Å². The molecule has 2 atom stereocenters. The zero-order valence-electron chi connectivity index (χ0n) is 12.3. The van der Waals surface area contributed by atoms with Gasteiger partial charge in [0.2, 0.25) is 10.0 Å². The van der Waals surface area contributed by atoms with Gasteiger partial charge in [0.25, 0.3) is 10.2 Å². The number of nitrogens with one attached hydrogen (secondary N) is 2. The normalized spacial score (nSPS) is 25.0. The molecule has 1 rings (SSSR count). The zero-order chi connectivity index (χ0) is 15.4. The quantitative estimate of drug-likeness (QED) is 0.681. The molecule has 0 saturated heterocycles. The minimum atomic E-state index is -3.47. The third-order valence-corrected chi connectivity index (χ3v) is 6.00. The maximum Gasteiger partial charge on any atom is 0.279 e. The van der Waals surface area contributed by atoms with E-state index in [9.17, 15) is 16.8 Å². The average molecular weight is 327 g/mol. The Balaban J connectivity index is 2.64. The van der Waals surface area contributed by atoms with E-state index >= 15 is 0 Å².